The molecule has 0 amide bonds. The zero-order valence-electron chi connectivity index (χ0n) is 10.3. The first-order valence-corrected chi connectivity index (χ1v) is 6.96. The van der Waals surface area contributed by atoms with E-state index < -0.39 is 0 Å². The molecular formula is C13H21N2S+. The molecule has 88 valence electrons. The molecule has 1 aromatic rings. The number of quaternary nitrogens is 1. The topological polar surface area (TPSA) is 28.6 Å². The maximum atomic E-state index is 3.51. The third-order valence-corrected chi connectivity index (χ3v) is 4.33. The van der Waals surface area contributed by atoms with Crippen LogP contribution in [-0.2, 0) is 5.75 Å². The number of nitrogens with one attached hydrogen (secondary N) is 1. The molecule has 0 aliphatic carbocycles. The molecule has 2 unspecified atom stereocenters. The van der Waals surface area contributed by atoms with Gasteiger partial charge in [0.05, 0.1) is 12.6 Å². The number of nitrogens with two attached hydrogens (primary N) is 1. The van der Waals surface area contributed by atoms with Crippen molar-refractivity contribution in [3.8, 4) is 0 Å². The third kappa shape index (κ3) is 3.00. The highest BCUT2D eigenvalue weighted by atomic mass is 32.2. The van der Waals surface area contributed by atoms with Crippen LogP contribution in [0.5, 0.6) is 0 Å². The zero-order chi connectivity index (χ0) is 11.5. The van der Waals surface area contributed by atoms with Gasteiger partial charge < -0.3 is 5.32 Å². The van der Waals surface area contributed by atoms with Crippen molar-refractivity contribution in [3.63, 3.8) is 0 Å². The van der Waals surface area contributed by atoms with E-state index >= 15 is 0 Å². The van der Waals surface area contributed by atoms with Crippen LogP contribution in [0.3, 0.4) is 0 Å². The number of aryl methyl sites for hydroxylation is 2. The standard InChI is InChI=1S/C13H20N2S/c1-9-4-5-12(6-10(9)2)8-16-13-14-7-11(3)15-13/h4-6,11,13-15H,7-8H2,1-3H3/p+1. The van der Waals surface area contributed by atoms with E-state index in [1.165, 1.54) is 16.7 Å². The van der Waals surface area contributed by atoms with Gasteiger partial charge in [-0.3, -0.25) is 5.32 Å². The molecule has 1 aliphatic heterocycles. The molecule has 0 spiro atoms. The van der Waals surface area contributed by atoms with Crippen LogP contribution in [0.4, 0.5) is 0 Å². The number of hydrogen-bond acceptors (Lipinski definition) is 2. The highest BCUT2D eigenvalue weighted by molar-refractivity contribution is 7.98. The molecule has 1 heterocycles. The summed E-state index contributed by atoms with van der Waals surface area (Å²) in [6, 6.07) is 7.49. The largest absolute Gasteiger partial charge is 0.319 e. The SMILES string of the molecule is Cc1ccc(CSC2NCC(C)[NH2+]2)cc1C. The Labute approximate surface area is 102 Å². The molecule has 1 aliphatic rings. The van der Waals surface area contributed by atoms with E-state index in [9.17, 15) is 0 Å². The van der Waals surface area contributed by atoms with Crippen LogP contribution >= 0.6 is 11.8 Å². The van der Waals surface area contributed by atoms with E-state index in [0.29, 0.717) is 5.50 Å². The third-order valence-electron chi connectivity index (χ3n) is 3.15. The van der Waals surface area contributed by atoms with E-state index in [4.69, 9.17) is 0 Å². The van der Waals surface area contributed by atoms with Gasteiger partial charge in [0.1, 0.15) is 0 Å². The fourth-order valence-electron chi connectivity index (χ4n) is 1.93. The van der Waals surface area contributed by atoms with Crippen LogP contribution in [0.15, 0.2) is 18.2 Å². The molecule has 1 fully saturated rings. The smallest absolute Gasteiger partial charge is 0.188 e. The summed E-state index contributed by atoms with van der Waals surface area (Å²) >= 11 is 1.99. The molecule has 0 bridgehead atoms. The lowest BCUT2D eigenvalue weighted by atomic mass is 10.1. The van der Waals surface area contributed by atoms with Crippen LogP contribution in [-0.4, -0.2) is 18.1 Å². The van der Waals surface area contributed by atoms with E-state index in [1.807, 2.05) is 11.8 Å². The summed E-state index contributed by atoms with van der Waals surface area (Å²) in [4.78, 5) is 0. The molecule has 1 aromatic carbocycles. The molecule has 0 aromatic heterocycles. The van der Waals surface area contributed by atoms with Crippen LogP contribution in [0.2, 0.25) is 0 Å². The Bertz CT molecular complexity index is 365. The van der Waals surface area contributed by atoms with Crippen molar-refractivity contribution < 1.29 is 5.32 Å². The van der Waals surface area contributed by atoms with Crippen LogP contribution in [0.25, 0.3) is 0 Å². The normalized spacial score (nSPS) is 24.9. The van der Waals surface area contributed by atoms with E-state index in [1.54, 1.807) is 0 Å². The van der Waals surface area contributed by atoms with Gasteiger partial charge in [-0.1, -0.05) is 30.0 Å². The highest BCUT2D eigenvalue weighted by Gasteiger charge is 2.23. The minimum atomic E-state index is 0.539. The van der Waals surface area contributed by atoms with E-state index in [0.717, 1.165) is 18.3 Å². The zero-order valence-corrected chi connectivity index (χ0v) is 11.1. The Morgan fingerprint density at radius 1 is 1.38 bits per heavy atom. The second-order valence-corrected chi connectivity index (χ2v) is 5.86. The number of hydrogen-bond donors (Lipinski definition) is 2. The van der Waals surface area contributed by atoms with Crippen molar-refractivity contribution in [2.75, 3.05) is 6.54 Å². The van der Waals surface area contributed by atoms with Crippen molar-refractivity contribution in [2.45, 2.75) is 38.1 Å². The Kier molecular flexibility index (Phi) is 3.90. The molecule has 2 nitrogen and oxygen atoms in total. The lowest BCUT2D eigenvalue weighted by molar-refractivity contribution is -0.679. The molecule has 1 saturated heterocycles. The van der Waals surface area contributed by atoms with Gasteiger partial charge in [0.2, 0.25) is 0 Å². The van der Waals surface area contributed by atoms with Crippen molar-refractivity contribution in [2.24, 2.45) is 0 Å². The molecule has 2 rings (SSSR count). The Balaban J connectivity index is 1.87. The average Bonchev–Trinajstić information content (AvgIpc) is 2.66. The summed E-state index contributed by atoms with van der Waals surface area (Å²) in [6.07, 6.45) is 0. The van der Waals surface area contributed by atoms with Crippen molar-refractivity contribution in [3.05, 3.63) is 34.9 Å². The maximum absolute atomic E-state index is 3.51. The van der Waals surface area contributed by atoms with Crippen LogP contribution in [0.1, 0.15) is 23.6 Å². The van der Waals surface area contributed by atoms with Crippen LogP contribution < -0.4 is 10.6 Å². The Hall–Kier alpha value is -0.510. The summed E-state index contributed by atoms with van der Waals surface area (Å²) < 4.78 is 0. The van der Waals surface area contributed by atoms with Gasteiger partial charge in [-0.25, -0.2) is 0 Å². The quantitative estimate of drug-likeness (QED) is 0.831. The summed E-state index contributed by atoms with van der Waals surface area (Å²) in [7, 11) is 0. The lowest BCUT2D eigenvalue weighted by Gasteiger charge is -2.09. The molecule has 0 radical (unpaired) electrons. The second-order valence-electron chi connectivity index (χ2n) is 4.73. The van der Waals surface area contributed by atoms with Crippen molar-refractivity contribution in [1.29, 1.82) is 0 Å². The first-order chi connectivity index (χ1) is 7.65. The number of benzene rings is 1. The van der Waals surface area contributed by atoms with Gasteiger partial charge in [-0.05, 0) is 37.5 Å². The van der Waals surface area contributed by atoms with Gasteiger partial charge >= 0.3 is 0 Å². The number of rotatable bonds is 3. The molecule has 2 atom stereocenters. The number of thioether (sulfide) groups is 1. The molecule has 0 saturated carbocycles. The van der Waals surface area contributed by atoms with Crippen molar-refractivity contribution in [1.82, 2.24) is 5.32 Å². The molecule has 3 N–H and O–H groups in total. The van der Waals surface area contributed by atoms with Crippen LogP contribution in [0, 0.1) is 13.8 Å². The minimum absolute atomic E-state index is 0.539. The predicted molar refractivity (Wildman–Crippen MR) is 70.4 cm³/mol. The second kappa shape index (κ2) is 5.21. The van der Waals surface area contributed by atoms with E-state index in [2.05, 4.69) is 49.6 Å². The van der Waals surface area contributed by atoms with Gasteiger partial charge in [0.25, 0.3) is 0 Å². The molecular weight excluding hydrogens is 216 g/mol. The average molecular weight is 237 g/mol. The minimum Gasteiger partial charge on any atom is -0.319 e. The Morgan fingerprint density at radius 2 is 2.19 bits per heavy atom. The maximum Gasteiger partial charge on any atom is 0.188 e. The van der Waals surface area contributed by atoms with Crippen molar-refractivity contribution >= 4 is 11.8 Å². The molecule has 16 heavy (non-hydrogen) atoms. The lowest BCUT2D eigenvalue weighted by Crippen LogP contribution is -2.91. The monoisotopic (exact) mass is 237 g/mol. The first-order valence-electron chi connectivity index (χ1n) is 5.91. The van der Waals surface area contributed by atoms with E-state index in [-0.39, 0.29) is 0 Å². The fraction of sp³-hybridized carbons (Fsp3) is 0.538. The summed E-state index contributed by atoms with van der Waals surface area (Å²) in [5.74, 6) is 1.10. The molecule has 3 heteroatoms. The summed E-state index contributed by atoms with van der Waals surface area (Å²) in [6.45, 7) is 7.75. The summed E-state index contributed by atoms with van der Waals surface area (Å²) in [5, 5.41) is 5.92. The fourth-order valence-corrected chi connectivity index (χ4v) is 3.08. The summed E-state index contributed by atoms with van der Waals surface area (Å²) in [5.41, 5.74) is 4.75. The van der Waals surface area contributed by atoms with Gasteiger partial charge in [0.15, 0.2) is 5.50 Å². The van der Waals surface area contributed by atoms with Gasteiger partial charge in [0, 0.05) is 5.75 Å². The van der Waals surface area contributed by atoms with Gasteiger partial charge in [-0.15, -0.1) is 0 Å². The van der Waals surface area contributed by atoms with Gasteiger partial charge in [-0.2, -0.15) is 0 Å². The predicted octanol–water partition coefficient (Wildman–Crippen LogP) is 1.38. The highest BCUT2D eigenvalue weighted by Crippen LogP contribution is 2.17. The Morgan fingerprint density at radius 3 is 2.81 bits per heavy atom. The first kappa shape index (κ1) is 12.0.